The van der Waals surface area contributed by atoms with Crippen LogP contribution >= 0.6 is 0 Å². The van der Waals surface area contributed by atoms with Crippen LogP contribution in [0.5, 0.6) is 0 Å². The van der Waals surface area contributed by atoms with E-state index >= 15 is 0 Å². The maximum absolute atomic E-state index is 3.91. The van der Waals surface area contributed by atoms with Crippen LogP contribution in [0.15, 0.2) is 16.7 Å². The zero-order valence-corrected chi connectivity index (χ0v) is 12.6. The summed E-state index contributed by atoms with van der Waals surface area (Å²) in [4.78, 5) is 0. The van der Waals surface area contributed by atoms with Crippen molar-refractivity contribution >= 4 is 0 Å². The van der Waals surface area contributed by atoms with E-state index in [1.807, 2.05) is 0 Å². The highest BCUT2D eigenvalue weighted by Gasteiger charge is 2.60. The zero-order valence-electron chi connectivity index (χ0n) is 12.6. The molecule has 0 heteroatoms. The van der Waals surface area contributed by atoms with Crippen LogP contribution < -0.4 is 0 Å². The van der Waals surface area contributed by atoms with E-state index < -0.39 is 0 Å². The zero-order chi connectivity index (χ0) is 13.0. The van der Waals surface area contributed by atoms with Gasteiger partial charge in [0.2, 0.25) is 0 Å². The molecule has 0 N–H and O–H groups in total. The van der Waals surface area contributed by atoms with Crippen LogP contribution in [0.4, 0.5) is 0 Å². The molecule has 0 aromatic rings. The van der Waals surface area contributed by atoms with Gasteiger partial charge in [0.05, 0.1) is 0 Å². The fourth-order valence-electron chi connectivity index (χ4n) is 6.90. The first kappa shape index (κ1) is 11.2. The minimum Gasteiger partial charge on any atom is -0.0545 e. The smallest absolute Gasteiger partial charge is 0.0120 e. The molecule has 0 aliphatic heterocycles. The van der Waals surface area contributed by atoms with E-state index in [2.05, 4.69) is 26.8 Å². The molecule has 0 spiro atoms. The van der Waals surface area contributed by atoms with Gasteiger partial charge in [-0.1, -0.05) is 20.8 Å². The average Bonchev–Trinajstić information content (AvgIpc) is 2.69. The van der Waals surface area contributed by atoms with E-state index in [1.54, 1.807) is 36.0 Å². The number of allylic oxidation sites excluding steroid dienone is 4. The van der Waals surface area contributed by atoms with Crippen molar-refractivity contribution in [1.29, 1.82) is 0 Å². The SMILES string of the molecule is CC1[C]=C(C23CC4CC(CC(C4)C2)C3)C2=C1C2(C)C. The molecule has 6 aliphatic rings. The van der Waals surface area contributed by atoms with Crippen molar-refractivity contribution < 1.29 is 0 Å². The molecule has 6 rings (SSSR count). The Morgan fingerprint density at radius 3 is 1.89 bits per heavy atom. The lowest BCUT2D eigenvalue weighted by Gasteiger charge is -2.57. The molecule has 1 unspecified atom stereocenters. The summed E-state index contributed by atoms with van der Waals surface area (Å²) >= 11 is 0. The molecule has 1 atom stereocenters. The summed E-state index contributed by atoms with van der Waals surface area (Å²) in [5.74, 6) is 3.79. The first-order valence-corrected chi connectivity index (χ1v) is 8.39. The molecule has 4 bridgehead atoms. The van der Waals surface area contributed by atoms with Crippen LogP contribution in [0.25, 0.3) is 0 Å². The van der Waals surface area contributed by atoms with E-state index in [0.29, 0.717) is 16.7 Å². The molecule has 0 amide bonds. The molecule has 0 heterocycles. The van der Waals surface area contributed by atoms with Crippen molar-refractivity contribution in [1.82, 2.24) is 0 Å². The molecule has 19 heavy (non-hydrogen) atoms. The van der Waals surface area contributed by atoms with Crippen molar-refractivity contribution in [3.05, 3.63) is 22.8 Å². The topological polar surface area (TPSA) is 0 Å². The summed E-state index contributed by atoms with van der Waals surface area (Å²) in [5, 5.41) is 0. The fourth-order valence-corrected chi connectivity index (χ4v) is 6.90. The van der Waals surface area contributed by atoms with Gasteiger partial charge in [0.25, 0.3) is 0 Å². The summed E-state index contributed by atoms with van der Waals surface area (Å²) in [7, 11) is 0. The Morgan fingerprint density at radius 2 is 1.47 bits per heavy atom. The van der Waals surface area contributed by atoms with Gasteiger partial charge in [0.15, 0.2) is 0 Å². The molecule has 4 saturated carbocycles. The fraction of sp³-hybridized carbons (Fsp3) is 0.789. The lowest BCUT2D eigenvalue weighted by Crippen LogP contribution is -2.47. The second-order valence-corrected chi connectivity index (χ2v) is 8.85. The molecule has 0 aromatic carbocycles. The lowest BCUT2D eigenvalue weighted by atomic mass is 9.47. The Kier molecular flexibility index (Phi) is 1.79. The summed E-state index contributed by atoms with van der Waals surface area (Å²) in [5.41, 5.74) is 6.22. The molecule has 101 valence electrons. The highest BCUT2D eigenvalue weighted by Crippen LogP contribution is 2.71. The van der Waals surface area contributed by atoms with Gasteiger partial charge in [-0.05, 0) is 84.5 Å². The van der Waals surface area contributed by atoms with Crippen LogP contribution in [0, 0.1) is 40.6 Å². The van der Waals surface area contributed by atoms with Crippen molar-refractivity contribution in [3.63, 3.8) is 0 Å². The third kappa shape index (κ3) is 1.22. The Labute approximate surface area is 117 Å². The summed E-state index contributed by atoms with van der Waals surface area (Å²) in [6, 6.07) is 0. The van der Waals surface area contributed by atoms with Crippen molar-refractivity contribution in [2.24, 2.45) is 34.5 Å². The van der Waals surface area contributed by atoms with Gasteiger partial charge >= 0.3 is 0 Å². The Morgan fingerprint density at radius 1 is 0.947 bits per heavy atom. The highest BCUT2D eigenvalue weighted by molar-refractivity contribution is 5.66. The molecular weight excluding hydrogens is 228 g/mol. The van der Waals surface area contributed by atoms with Gasteiger partial charge < -0.3 is 0 Å². The van der Waals surface area contributed by atoms with E-state index in [-0.39, 0.29) is 0 Å². The minimum atomic E-state index is 0.434. The van der Waals surface area contributed by atoms with Crippen LogP contribution in [0.1, 0.15) is 59.3 Å². The second kappa shape index (κ2) is 3.05. The van der Waals surface area contributed by atoms with Crippen molar-refractivity contribution in [3.8, 4) is 0 Å². The molecular formula is C19H25. The quantitative estimate of drug-likeness (QED) is 0.622. The molecule has 0 nitrogen and oxygen atoms in total. The standard InChI is InChI=1S/C19H25/c1-11-4-15(17-16(11)18(17,2)3)19-8-12-5-13(9-19)7-14(6-12)10-19/h11-14H,5-10H2,1-3H3. The average molecular weight is 253 g/mol. The first-order valence-electron chi connectivity index (χ1n) is 8.39. The summed E-state index contributed by atoms with van der Waals surface area (Å²) in [6.45, 7) is 7.25. The maximum atomic E-state index is 3.91. The first-order chi connectivity index (χ1) is 8.99. The minimum absolute atomic E-state index is 0.434. The molecule has 6 aliphatic carbocycles. The Bertz CT molecular complexity index is 493. The summed E-state index contributed by atoms with van der Waals surface area (Å²) < 4.78 is 0. The van der Waals surface area contributed by atoms with E-state index in [1.165, 1.54) is 19.3 Å². The van der Waals surface area contributed by atoms with Gasteiger partial charge in [-0.3, -0.25) is 0 Å². The second-order valence-electron chi connectivity index (χ2n) is 8.85. The van der Waals surface area contributed by atoms with Gasteiger partial charge in [-0.15, -0.1) is 0 Å². The van der Waals surface area contributed by atoms with Gasteiger partial charge in [-0.25, -0.2) is 0 Å². The predicted octanol–water partition coefficient (Wildman–Crippen LogP) is 4.92. The monoisotopic (exact) mass is 253 g/mol. The third-order valence-electron chi connectivity index (χ3n) is 7.12. The molecule has 1 radical (unpaired) electrons. The normalized spacial score (nSPS) is 52.5. The largest absolute Gasteiger partial charge is 0.0545 e. The van der Waals surface area contributed by atoms with E-state index in [4.69, 9.17) is 0 Å². The van der Waals surface area contributed by atoms with Gasteiger partial charge in [0.1, 0.15) is 0 Å². The van der Waals surface area contributed by atoms with Gasteiger partial charge in [-0.2, -0.15) is 0 Å². The van der Waals surface area contributed by atoms with Crippen LogP contribution in [-0.2, 0) is 0 Å². The molecule has 4 fully saturated rings. The number of hydrogen-bond donors (Lipinski definition) is 0. The molecule has 0 saturated heterocycles. The van der Waals surface area contributed by atoms with Crippen LogP contribution in [0.2, 0.25) is 0 Å². The van der Waals surface area contributed by atoms with E-state index in [9.17, 15) is 0 Å². The number of hydrogen-bond acceptors (Lipinski definition) is 0. The van der Waals surface area contributed by atoms with Crippen molar-refractivity contribution in [2.45, 2.75) is 59.3 Å². The summed E-state index contributed by atoms with van der Waals surface area (Å²) in [6.07, 6.45) is 13.1. The van der Waals surface area contributed by atoms with Crippen LogP contribution in [-0.4, -0.2) is 0 Å². The molecule has 0 aromatic heterocycles. The predicted molar refractivity (Wildman–Crippen MR) is 77.3 cm³/mol. The van der Waals surface area contributed by atoms with Crippen LogP contribution in [0.3, 0.4) is 0 Å². The number of rotatable bonds is 1. The van der Waals surface area contributed by atoms with E-state index in [0.717, 1.165) is 17.8 Å². The Hall–Kier alpha value is -0.520. The van der Waals surface area contributed by atoms with Crippen molar-refractivity contribution in [2.75, 3.05) is 0 Å². The Balaban J connectivity index is 1.57. The third-order valence-corrected chi connectivity index (χ3v) is 7.12. The maximum Gasteiger partial charge on any atom is 0.0120 e. The lowest BCUT2D eigenvalue weighted by molar-refractivity contribution is -0.0298. The van der Waals surface area contributed by atoms with Gasteiger partial charge in [0, 0.05) is 11.3 Å². The highest BCUT2D eigenvalue weighted by atomic mass is 14.6.